The maximum atomic E-state index is 12.6. The van der Waals surface area contributed by atoms with Crippen molar-refractivity contribution in [2.24, 2.45) is 0 Å². The molecule has 0 saturated heterocycles. The lowest BCUT2D eigenvalue weighted by Gasteiger charge is -2.24. The molecule has 0 bridgehead atoms. The number of hydrogen-bond acceptors (Lipinski definition) is 2. The van der Waals surface area contributed by atoms with E-state index in [9.17, 15) is 26.3 Å². The van der Waals surface area contributed by atoms with Crippen LogP contribution >= 0.6 is 0 Å². The first-order chi connectivity index (χ1) is 10.3. The first-order valence-corrected chi connectivity index (χ1v) is 6.84. The van der Waals surface area contributed by atoms with Crippen molar-refractivity contribution < 1.29 is 36.1 Å². The summed E-state index contributed by atoms with van der Waals surface area (Å²) in [4.78, 5) is 9.75. The van der Waals surface area contributed by atoms with Gasteiger partial charge in [-0.05, 0) is 38.5 Å². The maximum absolute atomic E-state index is 12.6. The molecule has 0 spiro atoms. The first kappa shape index (κ1) is 19.8. The van der Waals surface area contributed by atoms with Crippen molar-refractivity contribution in [1.29, 1.82) is 0 Å². The van der Waals surface area contributed by atoms with Crippen LogP contribution in [0.1, 0.15) is 38.3 Å². The van der Waals surface area contributed by atoms with Gasteiger partial charge in [0, 0.05) is 6.42 Å². The smallest absolute Gasteiger partial charge is 0.232 e. The van der Waals surface area contributed by atoms with Gasteiger partial charge in [-0.25, -0.2) is 9.78 Å². The van der Waals surface area contributed by atoms with Crippen molar-refractivity contribution in [1.82, 2.24) is 0 Å². The van der Waals surface area contributed by atoms with Crippen molar-refractivity contribution in [3.05, 3.63) is 35.4 Å². The van der Waals surface area contributed by atoms with E-state index >= 15 is 0 Å². The lowest BCUT2D eigenvalue weighted by Crippen LogP contribution is -2.29. The second-order valence-electron chi connectivity index (χ2n) is 6.13. The molecule has 132 valence electrons. The fraction of sp³-hybridized carbons (Fsp3) is 0.600. The van der Waals surface area contributed by atoms with Crippen LogP contribution in [0.2, 0.25) is 0 Å². The molecule has 1 aromatic carbocycles. The minimum Gasteiger partial charge on any atom is -0.232 e. The van der Waals surface area contributed by atoms with E-state index in [0.29, 0.717) is 5.56 Å². The van der Waals surface area contributed by atoms with Crippen LogP contribution in [0, 0.1) is 0 Å². The quantitative estimate of drug-likeness (QED) is 0.409. The highest BCUT2D eigenvalue weighted by Gasteiger charge is 2.34. The molecular formula is C15H18F6O2. The molecule has 1 aromatic rings. The molecule has 0 heterocycles. The molecule has 0 aliphatic rings. The van der Waals surface area contributed by atoms with Crippen LogP contribution in [-0.4, -0.2) is 17.9 Å². The maximum Gasteiger partial charge on any atom is 0.416 e. The van der Waals surface area contributed by atoms with Gasteiger partial charge in [0.15, 0.2) is 0 Å². The first-order valence-electron chi connectivity index (χ1n) is 6.84. The van der Waals surface area contributed by atoms with E-state index in [4.69, 9.17) is 9.78 Å². The van der Waals surface area contributed by atoms with Gasteiger partial charge in [0.2, 0.25) is 0 Å². The van der Waals surface area contributed by atoms with E-state index in [1.54, 1.807) is 20.8 Å². The summed E-state index contributed by atoms with van der Waals surface area (Å²) in [7, 11) is 0. The van der Waals surface area contributed by atoms with Gasteiger partial charge in [0.1, 0.15) is 6.10 Å². The highest BCUT2D eigenvalue weighted by Crippen LogP contribution is 2.30. The zero-order valence-corrected chi connectivity index (χ0v) is 12.9. The largest absolute Gasteiger partial charge is 0.416 e. The molecule has 0 aliphatic heterocycles. The Balaban J connectivity index is 2.79. The number of hydrogen-bond donors (Lipinski definition) is 0. The van der Waals surface area contributed by atoms with Gasteiger partial charge >= 0.3 is 12.4 Å². The molecule has 0 N–H and O–H groups in total. The molecule has 1 atom stereocenters. The number of halogens is 6. The lowest BCUT2D eigenvalue weighted by molar-refractivity contribution is -0.381. The summed E-state index contributed by atoms with van der Waals surface area (Å²) in [6.45, 7) is 4.82. The van der Waals surface area contributed by atoms with Gasteiger partial charge < -0.3 is 0 Å². The van der Waals surface area contributed by atoms with E-state index in [1.807, 2.05) is 0 Å². The van der Waals surface area contributed by atoms with Crippen LogP contribution in [0.25, 0.3) is 0 Å². The Morgan fingerprint density at radius 2 is 1.43 bits per heavy atom. The average molecular weight is 344 g/mol. The van der Waals surface area contributed by atoms with Crippen molar-refractivity contribution in [2.75, 3.05) is 0 Å². The molecule has 0 saturated carbocycles. The van der Waals surface area contributed by atoms with E-state index in [2.05, 4.69) is 0 Å². The highest BCUT2D eigenvalue weighted by atomic mass is 19.4. The number of benzene rings is 1. The third-order valence-electron chi connectivity index (χ3n) is 2.64. The predicted octanol–water partition coefficient (Wildman–Crippen LogP) is 5.32. The van der Waals surface area contributed by atoms with Crippen molar-refractivity contribution in [2.45, 2.75) is 57.7 Å². The van der Waals surface area contributed by atoms with Crippen molar-refractivity contribution in [3.8, 4) is 0 Å². The third kappa shape index (κ3) is 8.22. The normalized spacial score (nSPS) is 14.8. The lowest BCUT2D eigenvalue weighted by atomic mass is 10.0. The van der Waals surface area contributed by atoms with Gasteiger partial charge in [-0.1, -0.05) is 12.1 Å². The molecule has 1 unspecified atom stereocenters. The second kappa shape index (κ2) is 7.09. The minimum atomic E-state index is -4.49. The zero-order valence-electron chi connectivity index (χ0n) is 12.9. The topological polar surface area (TPSA) is 18.5 Å². The molecule has 0 aliphatic carbocycles. The van der Waals surface area contributed by atoms with E-state index in [1.165, 1.54) is 0 Å². The Kier molecular flexibility index (Phi) is 6.09. The SMILES string of the molecule is CC(C)(C)OOC(Cc1ccc(C(F)(F)F)cc1)CC(F)(F)F. The van der Waals surface area contributed by atoms with Gasteiger partial charge in [-0.3, -0.25) is 0 Å². The molecule has 0 radical (unpaired) electrons. The molecule has 1 rings (SSSR count). The summed E-state index contributed by atoms with van der Waals surface area (Å²) >= 11 is 0. The summed E-state index contributed by atoms with van der Waals surface area (Å²) in [5.41, 5.74) is -1.37. The summed E-state index contributed by atoms with van der Waals surface area (Å²) in [5.74, 6) is 0. The van der Waals surface area contributed by atoms with Crippen LogP contribution in [0.4, 0.5) is 26.3 Å². The van der Waals surface area contributed by atoms with Gasteiger partial charge in [-0.15, -0.1) is 0 Å². The monoisotopic (exact) mass is 344 g/mol. The molecule has 2 nitrogen and oxygen atoms in total. The van der Waals surface area contributed by atoms with E-state index in [-0.39, 0.29) is 6.42 Å². The van der Waals surface area contributed by atoms with Crippen LogP contribution in [-0.2, 0) is 22.4 Å². The fourth-order valence-corrected chi connectivity index (χ4v) is 1.70. The number of alkyl halides is 6. The Morgan fingerprint density at radius 1 is 0.913 bits per heavy atom. The van der Waals surface area contributed by atoms with Crippen molar-refractivity contribution >= 4 is 0 Å². The summed E-state index contributed by atoms with van der Waals surface area (Å²) in [6.07, 6.45) is -11.8. The van der Waals surface area contributed by atoms with Gasteiger partial charge in [0.05, 0.1) is 17.6 Å². The Hall–Kier alpha value is -1.28. The second-order valence-corrected chi connectivity index (χ2v) is 6.13. The predicted molar refractivity (Wildman–Crippen MR) is 71.5 cm³/mol. The fourth-order valence-electron chi connectivity index (χ4n) is 1.70. The average Bonchev–Trinajstić information content (AvgIpc) is 2.33. The summed E-state index contributed by atoms with van der Waals surface area (Å²) in [6, 6.07) is 3.91. The molecular weight excluding hydrogens is 326 g/mol. The van der Waals surface area contributed by atoms with Gasteiger partial charge in [-0.2, -0.15) is 26.3 Å². The molecule has 23 heavy (non-hydrogen) atoms. The highest BCUT2D eigenvalue weighted by molar-refractivity contribution is 5.25. The Bertz CT molecular complexity index is 485. The third-order valence-corrected chi connectivity index (χ3v) is 2.64. The van der Waals surface area contributed by atoms with Gasteiger partial charge in [0.25, 0.3) is 0 Å². The van der Waals surface area contributed by atoms with E-state index in [0.717, 1.165) is 24.3 Å². The van der Waals surface area contributed by atoms with Crippen LogP contribution in [0.3, 0.4) is 0 Å². The van der Waals surface area contributed by atoms with Crippen LogP contribution < -0.4 is 0 Å². The summed E-state index contributed by atoms with van der Waals surface area (Å²) in [5, 5.41) is 0. The van der Waals surface area contributed by atoms with Crippen molar-refractivity contribution in [3.63, 3.8) is 0 Å². The Labute approximate surface area is 130 Å². The van der Waals surface area contributed by atoms with E-state index < -0.39 is 36.0 Å². The summed E-state index contributed by atoms with van der Waals surface area (Å²) < 4.78 is 75.1. The zero-order chi connectivity index (χ0) is 17.9. The standard InChI is InChI=1S/C15H18F6O2/c1-13(2,3)23-22-12(9-14(16,17)18)8-10-4-6-11(7-5-10)15(19,20)21/h4-7,12H,8-9H2,1-3H3. The molecule has 0 fully saturated rings. The van der Waals surface area contributed by atoms with Crippen LogP contribution in [0.15, 0.2) is 24.3 Å². The molecule has 0 aromatic heterocycles. The molecule has 0 amide bonds. The van der Waals surface area contributed by atoms with Crippen LogP contribution in [0.5, 0.6) is 0 Å². The Morgan fingerprint density at radius 3 is 1.83 bits per heavy atom. The molecule has 8 heteroatoms. The minimum absolute atomic E-state index is 0.215. The number of rotatable bonds is 5.